The fourth-order valence-corrected chi connectivity index (χ4v) is 5.29. The number of rotatable bonds is 9. The average molecular weight is 538 g/mol. The summed E-state index contributed by atoms with van der Waals surface area (Å²) >= 11 is 1.18. The van der Waals surface area contributed by atoms with Crippen molar-refractivity contribution in [1.29, 1.82) is 0 Å². The maximum Gasteiger partial charge on any atom is 0.259 e. The van der Waals surface area contributed by atoms with Gasteiger partial charge in [0, 0.05) is 31.7 Å². The number of hydrogen-bond donors (Lipinski definition) is 2. The number of carbonyl (C=O) groups is 3. The van der Waals surface area contributed by atoms with Crippen molar-refractivity contribution < 1.29 is 23.5 Å². The summed E-state index contributed by atoms with van der Waals surface area (Å²) in [4.78, 5) is 49.0. The predicted octanol–water partition coefficient (Wildman–Crippen LogP) is 2.91. The van der Waals surface area contributed by atoms with E-state index in [1.807, 2.05) is 24.3 Å². The highest BCUT2D eigenvalue weighted by Gasteiger charge is 2.41. The first kappa shape index (κ1) is 26.1. The molecule has 0 unspecified atom stereocenters. The van der Waals surface area contributed by atoms with E-state index in [1.165, 1.54) is 28.8 Å². The lowest BCUT2D eigenvalue weighted by atomic mass is 10.1. The summed E-state index contributed by atoms with van der Waals surface area (Å²) in [6, 6.07) is 12.6. The zero-order chi connectivity index (χ0) is 26.5. The lowest BCUT2D eigenvalue weighted by Crippen LogP contribution is -2.42. The van der Waals surface area contributed by atoms with E-state index in [0.717, 1.165) is 30.6 Å². The molecule has 2 atom stereocenters. The summed E-state index contributed by atoms with van der Waals surface area (Å²) in [5.74, 6) is -0.407. The molecule has 1 saturated heterocycles. The van der Waals surface area contributed by atoms with Crippen molar-refractivity contribution in [3.8, 4) is 0 Å². The molecule has 0 bridgehead atoms. The highest BCUT2D eigenvalue weighted by molar-refractivity contribution is 8.14. The minimum Gasteiger partial charge on any atom is -0.376 e. The summed E-state index contributed by atoms with van der Waals surface area (Å²) in [6.07, 6.45) is 2.33. The number of amidine groups is 2. The topological polar surface area (TPSA) is 112 Å². The molecule has 3 amide bonds. The lowest BCUT2D eigenvalue weighted by molar-refractivity contribution is -0.125. The van der Waals surface area contributed by atoms with Gasteiger partial charge in [-0.05, 0) is 49.1 Å². The van der Waals surface area contributed by atoms with Crippen molar-refractivity contribution in [2.45, 2.75) is 44.4 Å². The molecule has 3 heterocycles. The molecule has 0 radical (unpaired) electrons. The van der Waals surface area contributed by atoms with Gasteiger partial charge in [-0.15, -0.1) is 0 Å². The van der Waals surface area contributed by atoms with Gasteiger partial charge in [-0.25, -0.2) is 14.3 Å². The van der Waals surface area contributed by atoms with Gasteiger partial charge >= 0.3 is 0 Å². The number of nitrogens with zero attached hydrogens (tertiary/aromatic N) is 3. The summed E-state index contributed by atoms with van der Waals surface area (Å²) in [5.41, 5.74) is 2.19. The number of thioether (sulfide) groups is 1. The van der Waals surface area contributed by atoms with Crippen molar-refractivity contribution in [2.24, 2.45) is 9.98 Å². The van der Waals surface area contributed by atoms with Gasteiger partial charge in [-0.3, -0.25) is 19.4 Å². The van der Waals surface area contributed by atoms with Crippen LogP contribution in [-0.2, 0) is 25.7 Å². The third-order valence-corrected chi connectivity index (χ3v) is 7.42. The van der Waals surface area contributed by atoms with Crippen molar-refractivity contribution in [1.82, 2.24) is 15.5 Å². The van der Waals surface area contributed by atoms with Crippen LogP contribution in [0.1, 0.15) is 36.8 Å². The molecular formula is C27H28FN5O4S. The fourth-order valence-electron chi connectivity index (χ4n) is 4.46. The number of nitrogens with one attached hydrogen (secondary N) is 2. The number of ether oxygens (including phenoxy) is 1. The Balaban J connectivity index is 1.20. The van der Waals surface area contributed by atoms with Crippen molar-refractivity contribution >= 4 is 46.2 Å². The van der Waals surface area contributed by atoms with Crippen molar-refractivity contribution in [3.63, 3.8) is 0 Å². The Morgan fingerprint density at radius 3 is 2.71 bits per heavy atom. The first-order valence-corrected chi connectivity index (χ1v) is 13.6. The number of amides is 3. The van der Waals surface area contributed by atoms with Gasteiger partial charge in [0.2, 0.25) is 11.8 Å². The number of hydrogen-bond acceptors (Lipinski definition) is 7. The van der Waals surface area contributed by atoms with Crippen LogP contribution in [0.2, 0.25) is 0 Å². The van der Waals surface area contributed by atoms with Crippen LogP contribution < -0.4 is 10.6 Å². The third kappa shape index (κ3) is 6.11. The van der Waals surface area contributed by atoms with E-state index >= 15 is 0 Å². The van der Waals surface area contributed by atoms with Gasteiger partial charge in [0.15, 0.2) is 5.17 Å². The van der Waals surface area contributed by atoms with Crippen LogP contribution in [0.25, 0.3) is 0 Å². The van der Waals surface area contributed by atoms with Gasteiger partial charge in [-0.1, -0.05) is 36.0 Å². The Bertz CT molecular complexity index is 1280. The maximum atomic E-state index is 13.4. The quantitative estimate of drug-likeness (QED) is 0.511. The molecule has 0 aromatic heterocycles. The minimum absolute atomic E-state index is 0.0513. The van der Waals surface area contributed by atoms with Crippen LogP contribution in [0, 0.1) is 5.82 Å². The molecule has 9 nitrogen and oxygen atoms in total. The maximum absolute atomic E-state index is 13.4. The monoisotopic (exact) mass is 537 g/mol. The fraction of sp³-hybridized carbons (Fsp3) is 0.370. The van der Waals surface area contributed by atoms with E-state index in [1.54, 1.807) is 12.1 Å². The Morgan fingerprint density at radius 2 is 1.92 bits per heavy atom. The second kappa shape index (κ2) is 11.9. The molecule has 0 spiro atoms. The number of benzene rings is 2. The van der Waals surface area contributed by atoms with Crippen LogP contribution in [0.3, 0.4) is 0 Å². The van der Waals surface area contributed by atoms with Gasteiger partial charge in [0.1, 0.15) is 17.7 Å². The minimum atomic E-state index is -0.730. The van der Waals surface area contributed by atoms with Crippen molar-refractivity contribution in [3.05, 3.63) is 65.5 Å². The summed E-state index contributed by atoms with van der Waals surface area (Å²) in [5, 5.41) is 6.07. The van der Waals surface area contributed by atoms with Crippen LogP contribution in [0.5, 0.6) is 0 Å². The molecular weight excluding hydrogens is 509 g/mol. The van der Waals surface area contributed by atoms with Gasteiger partial charge < -0.3 is 15.4 Å². The van der Waals surface area contributed by atoms with Gasteiger partial charge in [-0.2, -0.15) is 0 Å². The number of aliphatic imine (C=N–C) groups is 2. The van der Waals surface area contributed by atoms with Gasteiger partial charge in [0.25, 0.3) is 5.91 Å². The van der Waals surface area contributed by atoms with Crippen LogP contribution in [-0.4, -0.2) is 64.7 Å². The average Bonchev–Trinajstić information content (AvgIpc) is 3.57. The molecule has 2 aromatic carbocycles. The predicted molar refractivity (Wildman–Crippen MR) is 143 cm³/mol. The molecule has 5 rings (SSSR count). The highest BCUT2D eigenvalue weighted by atomic mass is 32.2. The van der Waals surface area contributed by atoms with E-state index in [-0.39, 0.29) is 54.8 Å². The lowest BCUT2D eigenvalue weighted by Gasteiger charge is -2.25. The van der Waals surface area contributed by atoms with Gasteiger partial charge in [0.05, 0.1) is 17.5 Å². The molecule has 0 aliphatic carbocycles. The first-order chi connectivity index (χ1) is 18.5. The van der Waals surface area contributed by atoms with E-state index in [9.17, 15) is 18.8 Å². The van der Waals surface area contributed by atoms with E-state index < -0.39 is 6.04 Å². The second-order valence-corrected chi connectivity index (χ2v) is 10.2. The van der Waals surface area contributed by atoms with Crippen LogP contribution >= 0.6 is 11.8 Å². The van der Waals surface area contributed by atoms with Crippen LogP contribution in [0.4, 0.5) is 10.1 Å². The normalized spacial score (nSPS) is 19.9. The molecule has 38 heavy (non-hydrogen) atoms. The molecule has 0 saturated carbocycles. The molecule has 1 fully saturated rings. The molecule has 3 aliphatic rings. The highest BCUT2D eigenvalue weighted by Crippen LogP contribution is 2.34. The SMILES string of the molecule is O=C(CC[C@H]1N=C2c3ccccc3N=C(SCC(=O)NC[C@H]3CCCO3)N2C1=O)NCc1ccc(F)cc1. The first-order valence-electron chi connectivity index (χ1n) is 12.6. The smallest absolute Gasteiger partial charge is 0.259 e. The molecule has 3 aliphatic heterocycles. The largest absolute Gasteiger partial charge is 0.376 e. The summed E-state index contributed by atoms with van der Waals surface area (Å²) in [6.45, 7) is 1.46. The summed E-state index contributed by atoms with van der Waals surface area (Å²) in [7, 11) is 0. The Morgan fingerprint density at radius 1 is 1.11 bits per heavy atom. The molecule has 198 valence electrons. The van der Waals surface area contributed by atoms with Crippen LogP contribution in [0.15, 0.2) is 58.5 Å². The standard InChI is InChI=1S/C27H28FN5O4S/c28-18-9-7-17(8-10-18)14-29-23(34)12-11-22-26(36)33-25(31-22)20-5-1-2-6-21(20)32-27(33)38-16-24(35)30-15-19-4-3-13-37-19/h1-2,5-10,19,22H,3-4,11-16H2,(H,29,34)(H,30,35)/t19-,22-/m1/s1. The van der Waals surface area contributed by atoms with E-state index in [2.05, 4.69) is 20.6 Å². The van der Waals surface area contributed by atoms with E-state index in [0.29, 0.717) is 23.2 Å². The molecule has 2 N–H and O–H groups in total. The number of carbonyl (C=O) groups excluding carboxylic acids is 3. The Labute approximate surface area is 223 Å². The number of fused-ring (bicyclic) bond motifs is 3. The van der Waals surface area contributed by atoms with E-state index in [4.69, 9.17) is 4.74 Å². The summed E-state index contributed by atoms with van der Waals surface area (Å²) < 4.78 is 18.6. The molecule has 11 heteroatoms. The zero-order valence-electron chi connectivity index (χ0n) is 20.7. The number of para-hydroxylation sites is 1. The Hall–Kier alpha value is -3.57. The van der Waals surface area contributed by atoms with Crippen molar-refractivity contribution in [2.75, 3.05) is 18.9 Å². The second-order valence-electron chi connectivity index (χ2n) is 9.22. The number of halogens is 1. The third-order valence-electron chi connectivity index (χ3n) is 6.48. The Kier molecular flexibility index (Phi) is 8.14. The zero-order valence-corrected chi connectivity index (χ0v) is 21.5. The molecule has 2 aromatic rings.